The molecule has 1 aromatic heterocycles. The van der Waals surface area contributed by atoms with Crippen molar-refractivity contribution in [2.24, 2.45) is 5.92 Å². The third-order valence-electron chi connectivity index (χ3n) is 2.46. The second kappa shape index (κ2) is 9.14. The van der Waals surface area contributed by atoms with Crippen LogP contribution in [0, 0.1) is 5.92 Å². The molecule has 1 N–H and O–H groups in total. The van der Waals surface area contributed by atoms with Crippen LogP contribution in [0.15, 0.2) is 16.7 Å². The maximum absolute atomic E-state index is 5.53. The van der Waals surface area contributed by atoms with Gasteiger partial charge < -0.3 is 19.2 Å². The minimum absolute atomic E-state index is 0.513. The van der Waals surface area contributed by atoms with Crippen molar-refractivity contribution in [3.8, 4) is 0 Å². The highest BCUT2D eigenvalue weighted by Crippen LogP contribution is 2.11. The molecule has 4 nitrogen and oxygen atoms in total. The summed E-state index contributed by atoms with van der Waals surface area (Å²) in [4.78, 5) is 0. The van der Waals surface area contributed by atoms with Gasteiger partial charge in [0.05, 0.1) is 19.5 Å². The lowest BCUT2D eigenvalue weighted by Gasteiger charge is -2.07. The van der Waals surface area contributed by atoms with E-state index in [1.807, 2.05) is 6.07 Å². The predicted molar refractivity (Wildman–Crippen MR) is 71.4 cm³/mol. The van der Waals surface area contributed by atoms with Crippen molar-refractivity contribution in [2.75, 3.05) is 26.4 Å². The van der Waals surface area contributed by atoms with Crippen LogP contribution in [0.3, 0.4) is 0 Å². The van der Waals surface area contributed by atoms with Crippen molar-refractivity contribution in [3.05, 3.63) is 23.7 Å². The molecule has 0 aliphatic heterocycles. The van der Waals surface area contributed by atoms with Crippen molar-refractivity contribution < 1.29 is 13.9 Å². The number of hydrogen-bond acceptors (Lipinski definition) is 4. The third kappa shape index (κ3) is 6.19. The van der Waals surface area contributed by atoms with Crippen LogP contribution < -0.4 is 5.32 Å². The van der Waals surface area contributed by atoms with E-state index in [-0.39, 0.29) is 0 Å². The van der Waals surface area contributed by atoms with E-state index in [4.69, 9.17) is 13.9 Å². The Morgan fingerprint density at radius 2 is 2.06 bits per heavy atom. The normalized spacial score (nSPS) is 11.3. The third-order valence-corrected chi connectivity index (χ3v) is 2.46. The highest BCUT2D eigenvalue weighted by atomic mass is 16.5. The topological polar surface area (TPSA) is 43.6 Å². The fraction of sp³-hybridized carbons (Fsp3) is 0.714. The van der Waals surface area contributed by atoms with Crippen LogP contribution in [0.1, 0.15) is 32.1 Å². The van der Waals surface area contributed by atoms with Crippen molar-refractivity contribution in [1.29, 1.82) is 0 Å². The second-order valence-corrected chi connectivity index (χ2v) is 4.67. The lowest BCUT2D eigenvalue weighted by Crippen LogP contribution is -2.13. The Morgan fingerprint density at radius 1 is 1.28 bits per heavy atom. The van der Waals surface area contributed by atoms with Gasteiger partial charge in [-0.05, 0) is 18.5 Å². The largest absolute Gasteiger partial charge is 0.467 e. The first-order valence-electron chi connectivity index (χ1n) is 6.65. The van der Waals surface area contributed by atoms with E-state index in [0.717, 1.165) is 25.5 Å². The van der Waals surface area contributed by atoms with E-state index in [2.05, 4.69) is 26.1 Å². The van der Waals surface area contributed by atoms with Crippen LogP contribution in [0.25, 0.3) is 0 Å². The van der Waals surface area contributed by atoms with E-state index in [9.17, 15) is 0 Å². The quantitative estimate of drug-likeness (QED) is 0.653. The Kier molecular flexibility index (Phi) is 7.73. The summed E-state index contributed by atoms with van der Waals surface area (Å²) >= 11 is 0. The van der Waals surface area contributed by atoms with Gasteiger partial charge in [-0.2, -0.15) is 0 Å². The molecule has 0 fully saturated rings. The molecule has 0 bridgehead atoms. The van der Waals surface area contributed by atoms with Crippen molar-refractivity contribution in [1.82, 2.24) is 5.32 Å². The molecule has 0 atom stereocenters. The standard InChI is InChI=1S/C14H25NO3/c1-4-15-9-13-5-6-18-14(13)11-17-8-7-16-10-12(2)3/h5-6,12,15H,4,7-11H2,1-3H3. The molecule has 104 valence electrons. The molecule has 0 aliphatic rings. The summed E-state index contributed by atoms with van der Waals surface area (Å²) in [5.41, 5.74) is 1.17. The van der Waals surface area contributed by atoms with Crippen LogP contribution in [0.4, 0.5) is 0 Å². The molecular formula is C14H25NO3. The van der Waals surface area contributed by atoms with Gasteiger partial charge in [0.15, 0.2) is 0 Å². The van der Waals surface area contributed by atoms with Gasteiger partial charge in [0.25, 0.3) is 0 Å². The van der Waals surface area contributed by atoms with Crippen LogP contribution in [0.5, 0.6) is 0 Å². The summed E-state index contributed by atoms with van der Waals surface area (Å²) in [6, 6.07) is 1.98. The molecule has 1 aromatic rings. The first-order chi connectivity index (χ1) is 8.74. The first-order valence-corrected chi connectivity index (χ1v) is 6.65. The Labute approximate surface area is 110 Å². The van der Waals surface area contributed by atoms with E-state index in [0.29, 0.717) is 25.7 Å². The molecule has 0 spiro atoms. The molecule has 0 saturated heterocycles. The average molecular weight is 255 g/mol. The maximum atomic E-state index is 5.53. The van der Waals surface area contributed by atoms with E-state index in [1.54, 1.807) is 6.26 Å². The molecule has 1 heterocycles. The Balaban J connectivity index is 2.13. The number of rotatable bonds is 10. The van der Waals surface area contributed by atoms with Crippen LogP contribution in [-0.4, -0.2) is 26.4 Å². The van der Waals surface area contributed by atoms with Gasteiger partial charge in [0.2, 0.25) is 0 Å². The van der Waals surface area contributed by atoms with Crippen molar-refractivity contribution in [3.63, 3.8) is 0 Å². The highest BCUT2D eigenvalue weighted by molar-refractivity contribution is 5.15. The molecule has 1 rings (SSSR count). The minimum atomic E-state index is 0.513. The molecule has 0 unspecified atom stereocenters. The van der Waals surface area contributed by atoms with Gasteiger partial charge in [0.1, 0.15) is 12.4 Å². The van der Waals surface area contributed by atoms with Gasteiger partial charge in [0, 0.05) is 18.7 Å². The fourth-order valence-corrected chi connectivity index (χ4v) is 1.51. The SMILES string of the molecule is CCNCc1ccoc1COCCOCC(C)C. The first kappa shape index (κ1) is 15.2. The van der Waals surface area contributed by atoms with Crippen LogP contribution in [0.2, 0.25) is 0 Å². The van der Waals surface area contributed by atoms with Gasteiger partial charge in [-0.15, -0.1) is 0 Å². The van der Waals surface area contributed by atoms with E-state index in [1.165, 1.54) is 5.56 Å². The van der Waals surface area contributed by atoms with Gasteiger partial charge in [-0.1, -0.05) is 20.8 Å². The highest BCUT2D eigenvalue weighted by Gasteiger charge is 2.05. The summed E-state index contributed by atoms with van der Waals surface area (Å²) in [5.74, 6) is 1.47. The zero-order valence-corrected chi connectivity index (χ0v) is 11.7. The van der Waals surface area contributed by atoms with Crippen molar-refractivity contribution >= 4 is 0 Å². The minimum Gasteiger partial charge on any atom is -0.467 e. The second-order valence-electron chi connectivity index (χ2n) is 4.67. The molecule has 0 aliphatic carbocycles. The van der Waals surface area contributed by atoms with Gasteiger partial charge >= 0.3 is 0 Å². The van der Waals surface area contributed by atoms with Crippen molar-refractivity contribution in [2.45, 2.75) is 33.9 Å². The lowest BCUT2D eigenvalue weighted by molar-refractivity contribution is 0.0261. The molecule has 18 heavy (non-hydrogen) atoms. The van der Waals surface area contributed by atoms with Gasteiger partial charge in [-0.3, -0.25) is 0 Å². The van der Waals surface area contributed by atoms with E-state index < -0.39 is 0 Å². The van der Waals surface area contributed by atoms with Gasteiger partial charge in [-0.25, -0.2) is 0 Å². The molecular weight excluding hydrogens is 230 g/mol. The molecule has 0 radical (unpaired) electrons. The number of hydrogen-bond donors (Lipinski definition) is 1. The Hall–Kier alpha value is -0.840. The summed E-state index contributed by atoms with van der Waals surface area (Å²) in [6.45, 7) is 10.7. The molecule has 0 amide bonds. The average Bonchev–Trinajstić information content (AvgIpc) is 2.78. The lowest BCUT2D eigenvalue weighted by atomic mass is 10.2. The molecule has 0 saturated carbocycles. The predicted octanol–water partition coefficient (Wildman–Crippen LogP) is 2.58. The summed E-state index contributed by atoms with van der Waals surface area (Å²) in [6.07, 6.45) is 1.71. The number of ether oxygens (including phenoxy) is 2. The van der Waals surface area contributed by atoms with Crippen LogP contribution >= 0.6 is 0 Å². The summed E-state index contributed by atoms with van der Waals surface area (Å²) < 4.78 is 16.4. The fourth-order valence-electron chi connectivity index (χ4n) is 1.51. The van der Waals surface area contributed by atoms with Crippen LogP contribution in [-0.2, 0) is 22.6 Å². The molecule has 4 heteroatoms. The maximum Gasteiger partial charge on any atom is 0.133 e. The zero-order valence-electron chi connectivity index (χ0n) is 11.7. The zero-order chi connectivity index (χ0) is 13.2. The number of furan rings is 1. The monoisotopic (exact) mass is 255 g/mol. The number of nitrogens with one attached hydrogen (secondary N) is 1. The molecule has 0 aromatic carbocycles. The van der Waals surface area contributed by atoms with E-state index >= 15 is 0 Å². The Morgan fingerprint density at radius 3 is 2.78 bits per heavy atom. The Bertz CT molecular complexity index is 310. The smallest absolute Gasteiger partial charge is 0.133 e. The summed E-state index contributed by atoms with van der Waals surface area (Å²) in [5, 5.41) is 3.27. The summed E-state index contributed by atoms with van der Waals surface area (Å²) in [7, 11) is 0.